The van der Waals surface area contributed by atoms with Crippen LogP contribution in [0.5, 0.6) is 0 Å². The summed E-state index contributed by atoms with van der Waals surface area (Å²) in [5.41, 5.74) is 4.49. The van der Waals surface area contributed by atoms with Crippen molar-refractivity contribution in [3.63, 3.8) is 0 Å². The third kappa shape index (κ3) is 14.8. The van der Waals surface area contributed by atoms with Crippen molar-refractivity contribution < 1.29 is 52.4 Å². The minimum Gasteiger partial charge on any atom is -0.463 e. The Kier molecular flexibility index (Phi) is 17.4. The van der Waals surface area contributed by atoms with Gasteiger partial charge in [0.1, 0.15) is 12.7 Å². The molecular weight excluding hydrogens is 789 g/mol. The summed E-state index contributed by atoms with van der Waals surface area (Å²) < 4.78 is 36.3. The van der Waals surface area contributed by atoms with Crippen molar-refractivity contribution in [1.82, 2.24) is 0 Å². The molecule has 322 valence electrons. The van der Waals surface area contributed by atoms with Gasteiger partial charge in [0.2, 0.25) is 12.4 Å². The second-order valence-corrected chi connectivity index (χ2v) is 15.0. The third-order valence-corrected chi connectivity index (χ3v) is 10.4. The maximum absolute atomic E-state index is 13.8. The van der Waals surface area contributed by atoms with Crippen LogP contribution in [0, 0.1) is 0 Å². The van der Waals surface area contributed by atoms with E-state index in [9.17, 15) is 24.0 Å². The van der Waals surface area contributed by atoms with Gasteiger partial charge in [0.05, 0.1) is 0 Å². The molecule has 0 unspecified atom stereocenters. The van der Waals surface area contributed by atoms with Crippen LogP contribution < -0.4 is 0 Å². The molecule has 1 saturated heterocycles. The lowest BCUT2D eigenvalue weighted by Gasteiger charge is -2.44. The molecule has 0 aliphatic carbocycles. The van der Waals surface area contributed by atoms with Crippen molar-refractivity contribution in [2.24, 2.45) is 0 Å². The number of carbonyl (C=O) groups excluding carboxylic acids is 5. The Labute approximate surface area is 362 Å². The van der Waals surface area contributed by atoms with Gasteiger partial charge < -0.3 is 28.4 Å². The second-order valence-electron chi connectivity index (χ2n) is 15.0. The van der Waals surface area contributed by atoms with Crippen molar-refractivity contribution in [1.29, 1.82) is 0 Å². The van der Waals surface area contributed by atoms with Crippen LogP contribution in [-0.4, -0.2) is 67.2 Å². The summed E-state index contributed by atoms with van der Waals surface area (Å²) in [5.74, 6) is -3.30. The molecule has 0 N–H and O–H groups in total. The van der Waals surface area contributed by atoms with Crippen molar-refractivity contribution in [3.8, 4) is 0 Å². The number of benzene rings is 5. The summed E-state index contributed by atoms with van der Waals surface area (Å²) in [6, 6.07) is 46.8. The van der Waals surface area contributed by atoms with Crippen molar-refractivity contribution in [3.05, 3.63) is 179 Å². The largest absolute Gasteiger partial charge is 0.463 e. The molecule has 1 aliphatic rings. The molecule has 0 bridgehead atoms. The van der Waals surface area contributed by atoms with Gasteiger partial charge in [-0.25, -0.2) is 0 Å². The van der Waals surface area contributed by atoms with Crippen molar-refractivity contribution in [2.75, 3.05) is 6.61 Å². The Hall–Kier alpha value is -6.59. The van der Waals surface area contributed by atoms with E-state index in [0.29, 0.717) is 32.1 Å². The van der Waals surface area contributed by atoms with E-state index >= 15 is 0 Å². The SMILES string of the molecule is O=C(CCc1ccccc1)OC[C@H]1O[C@@H](OC(=O)CCc2ccccc2)[C@@H](OC(=O)CCc2ccccc2)[C@@H](OC(=O)CCc2ccccc2)[C@@H]1OC(=O)CCc1ccccc1. The van der Waals surface area contributed by atoms with Gasteiger partial charge in [-0.15, -0.1) is 0 Å². The number of esters is 5. The summed E-state index contributed by atoms with van der Waals surface area (Å²) in [6.07, 6.45) is -5.99. The van der Waals surface area contributed by atoms with Crippen LogP contribution >= 0.6 is 0 Å². The summed E-state index contributed by atoms with van der Waals surface area (Å²) in [6.45, 7) is -0.463. The standard InChI is InChI=1S/C51H52O11/c52-43(31-26-37-16-6-1-7-17-37)57-36-42-48(59-44(53)32-27-38-18-8-2-9-19-38)49(60-45(54)33-28-39-20-10-3-11-21-39)50(61-46(55)34-29-40-22-12-4-13-23-40)51(58-42)62-47(56)35-30-41-24-14-5-15-25-41/h1-25,42,48-51H,26-36H2/t42-,48-,49+,50+,51+/m1/s1. The first-order valence-electron chi connectivity index (χ1n) is 21.1. The molecule has 1 heterocycles. The number of carbonyl (C=O) groups is 5. The Morgan fingerprint density at radius 2 is 0.645 bits per heavy atom. The minimum atomic E-state index is -1.64. The van der Waals surface area contributed by atoms with Crippen LogP contribution in [0.15, 0.2) is 152 Å². The molecule has 5 aromatic carbocycles. The number of aryl methyl sites for hydroxylation is 5. The highest BCUT2D eigenvalue weighted by molar-refractivity contribution is 5.73. The molecule has 5 atom stereocenters. The van der Waals surface area contributed by atoms with Crippen LogP contribution in [0.2, 0.25) is 0 Å². The van der Waals surface area contributed by atoms with Gasteiger partial charge in [0, 0.05) is 32.1 Å². The molecule has 11 nitrogen and oxygen atoms in total. The van der Waals surface area contributed by atoms with Gasteiger partial charge in [-0.3, -0.25) is 24.0 Å². The second kappa shape index (κ2) is 24.0. The first kappa shape index (κ1) is 44.9. The molecule has 0 saturated carbocycles. The third-order valence-electron chi connectivity index (χ3n) is 10.4. The van der Waals surface area contributed by atoms with E-state index in [4.69, 9.17) is 28.4 Å². The first-order chi connectivity index (χ1) is 30.3. The van der Waals surface area contributed by atoms with Crippen molar-refractivity contribution in [2.45, 2.75) is 94.9 Å². The smallest absolute Gasteiger partial charge is 0.308 e. The molecular formula is C51H52O11. The van der Waals surface area contributed by atoms with Crippen LogP contribution in [0.3, 0.4) is 0 Å². The summed E-state index contributed by atoms with van der Waals surface area (Å²) in [4.78, 5) is 68.0. The minimum absolute atomic E-state index is 0.0374. The molecule has 1 fully saturated rings. The highest BCUT2D eigenvalue weighted by atomic mass is 16.7. The van der Waals surface area contributed by atoms with E-state index in [1.807, 2.05) is 152 Å². The maximum Gasteiger partial charge on any atom is 0.308 e. The fraction of sp³-hybridized carbons (Fsp3) is 0.314. The van der Waals surface area contributed by atoms with E-state index in [0.717, 1.165) is 27.8 Å². The predicted molar refractivity (Wildman–Crippen MR) is 229 cm³/mol. The van der Waals surface area contributed by atoms with E-state index < -0.39 is 67.2 Å². The highest BCUT2D eigenvalue weighted by Gasteiger charge is 2.54. The molecule has 0 spiro atoms. The van der Waals surface area contributed by atoms with Crippen LogP contribution in [0.25, 0.3) is 0 Å². The average Bonchev–Trinajstić information content (AvgIpc) is 3.31. The van der Waals surface area contributed by atoms with E-state index in [1.54, 1.807) is 0 Å². The number of hydrogen-bond donors (Lipinski definition) is 0. The first-order valence-corrected chi connectivity index (χ1v) is 21.1. The van der Waals surface area contributed by atoms with Crippen LogP contribution in [-0.2, 0) is 84.5 Å². The molecule has 0 amide bonds. The molecule has 62 heavy (non-hydrogen) atoms. The Morgan fingerprint density at radius 1 is 0.355 bits per heavy atom. The zero-order valence-corrected chi connectivity index (χ0v) is 34.6. The van der Waals surface area contributed by atoms with Gasteiger partial charge in [0.25, 0.3) is 0 Å². The topological polar surface area (TPSA) is 141 Å². The van der Waals surface area contributed by atoms with Gasteiger partial charge in [-0.2, -0.15) is 0 Å². The average molecular weight is 841 g/mol. The molecule has 5 aromatic rings. The van der Waals surface area contributed by atoms with Crippen LogP contribution in [0.4, 0.5) is 0 Å². The zero-order chi connectivity index (χ0) is 43.4. The summed E-state index contributed by atoms with van der Waals surface area (Å²) in [5, 5.41) is 0. The lowest BCUT2D eigenvalue weighted by Crippen LogP contribution is -2.63. The number of rotatable bonds is 21. The van der Waals surface area contributed by atoms with Gasteiger partial charge >= 0.3 is 29.8 Å². The molecule has 6 rings (SSSR count). The van der Waals surface area contributed by atoms with E-state index in [1.165, 1.54) is 0 Å². The van der Waals surface area contributed by atoms with Gasteiger partial charge in [-0.05, 0) is 59.9 Å². The maximum atomic E-state index is 13.8. The Balaban J connectivity index is 1.29. The molecule has 0 aromatic heterocycles. The summed E-state index contributed by atoms with van der Waals surface area (Å²) in [7, 11) is 0. The normalized spacial score (nSPS) is 18.2. The fourth-order valence-corrected chi connectivity index (χ4v) is 7.03. The molecule has 0 radical (unpaired) electrons. The molecule has 1 aliphatic heterocycles. The Bertz CT molecular complexity index is 2150. The lowest BCUT2D eigenvalue weighted by atomic mass is 9.97. The predicted octanol–water partition coefficient (Wildman–Crippen LogP) is 7.70. The van der Waals surface area contributed by atoms with Gasteiger partial charge in [0.15, 0.2) is 12.2 Å². The Morgan fingerprint density at radius 3 is 1.00 bits per heavy atom. The monoisotopic (exact) mass is 840 g/mol. The fourth-order valence-electron chi connectivity index (χ4n) is 7.03. The van der Waals surface area contributed by atoms with E-state index in [-0.39, 0.29) is 32.1 Å². The molecule has 11 heteroatoms. The van der Waals surface area contributed by atoms with Crippen LogP contribution in [0.1, 0.15) is 59.9 Å². The van der Waals surface area contributed by atoms with E-state index in [2.05, 4.69) is 0 Å². The number of ether oxygens (including phenoxy) is 6. The summed E-state index contributed by atoms with van der Waals surface area (Å²) >= 11 is 0. The lowest BCUT2D eigenvalue weighted by molar-refractivity contribution is -0.301. The van der Waals surface area contributed by atoms with Crippen molar-refractivity contribution >= 4 is 29.8 Å². The van der Waals surface area contributed by atoms with Gasteiger partial charge in [-0.1, -0.05) is 152 Å². The zero-order valence-electron chi connectivity index (χ0n) is 34.6. The number of hydrogen-bond acceptors (Lipinski definition) is 11. The quantitative estimate of drug-likeness (QED) is 0.0531. The highest BCUT2D eigenvalue weighted by Crippen LogP contribution is 2.31.